The molecule has 2 aromatic rings. The summed E-state index contributed by atoms with van der Waals surface area (Å²) in [5.74, 6) is 0.616. The summed E-state index contributed by atoms with van der Waals surface area (Å²) >= 11 is 0. The minimum atomic E-state index is -0.150. The highest BCUT2D eigenvalue weighted by Gasteiger charge is 2.16. The van der Waals surface area contributed by atoms with Crippen molar-refractivity contribution >= 4 is 5.91 Å². The minimum Gasteiger partial charge on any atom is -0.494 e. The van der Waals surface area contributed by atoms with Crippen LogP contribution >= 0.6 is 0 Å². The Kier molecular flexibility index (Phi) is 7.52. The number of nitriles is 1. The molecule has 0 N–H and O–H groups in total. The zero-order valence-electron chi connectivity index (χ0n) is 14.6. The maximum absolute atomic E-state index is 12.7. The van der Waals surface area contributed by atoms with Crippen LogP contribution in [-0.4, -0.2) is 24.0 Å². The van der Waals surface area contributed by atoms with Crippen LogP contribution in [0.4, 0.5) is 0 Å². The average molecular weight is 336 g/mol. The third kappa shape index (κ3) is 5.96. The van der Waals surface area contributed by atoms with Crippen molar-refractivity contribution in [1.82, 2.24) is 4.90 Å². The van der Waals surface area contributed by atoms with E-state index in [9.17, 15) is 4.79 Å². The Bertz CT molecular complexity index is 690. The minimum absolute atomic E-state index is 0.0585. The smallest absolute Gasteiger partial charge is 0.255 e. The number of hydrogen-bond acceptors (Lipinski definition) is 3. The molecule has 25 heavy (non-hydrogen) atoms. The van der Waals surface area contributed by atoms with Gasteiger partial charge in [-0.1, -0.05) is 50.1 Å². The van der Waals surface area contributed by atoms with E-state index in [1.54, 1.807) is 17.0 Å². The van der Waals surface area contributed by atoms with E-state index in [2.05, 4.69) is 13.0 Å². The molecule has 0 atom stereocenters. The molecule has 0 radical (unpaired) electrons. The van der Waals surface area contributed by atoms with Gasteiger partial charge in [0, 0.05) is 12.1 Å². The van der Waals surface area contributed by atoms with Crippen molar-refractivity contribution in [3.8, 4) is 11.8 Å². The molecule has 4 nitrogen and oxygen atoms in total. The summed E-state index contributed by atoms with van der Waals surface area (Å²) in [6, 6.07) is 18.9. The second-order valence-corrected chi connectivity index (χ2v) is 5.88. The fourth-order valence-corrected chi connectivity index (χ4v) is 2.51. The molecule has 1 amide bonds. The van der Waals surface area contributed by atoms with Crippen molar-refractivity contribution in [2.24, 2.45) is 0 Å². The maximum atomic E-state index is 12.7. The van der Waals surface area contributed by atoms with Crippen molar-refractivity contribution in [3.63, 3.8) is 0 Å². The van der Waals surface area contributed by atoms with Crippen LogP contribution in [-0.2, 0) is 6.54 Å². The van der Waals surface area contributed by atoms with E-state index in [4.69, 9.17) is 10.00 Å². The van der Waals surface area contributed by atoms with E-state index < -0.39 is 0 Å². The van der Waals surface area contributed by atoms with Crippen LogP contribution in [0.3, 0.4) is 0 Å². The zero-order valence-corrected chi connectivity index (χ0v) is 14.6. The fourth-order valence-electron chi connectivity index (χ4n) is 2.51. The van der Waals surface area contributed by atoms with Gasteiger partial charge >= 0.3 is 0 Å². The lowest BCUT2D eigenvalue weighted by Crippen LogP contribution is -2.30. The number of ether oxygens (including phenoxy) is 1. The first-order valence-electron chi connectivity index (χ1n) is 8.67. The number of carbonyl (C=O) groups excluding carboxylic acids is 1. The molecule has 2 aromatic carbocycles. The molecular formula is C21H24N2O2. The summed E-state index contributed by atoms with van der Waals surface area (Å²) in [5.41, 5.74) is 1.56. The fraction of sp³-hybridized carbons (Fsp3) is 0.333. The number of benzene rings is 2. The SMILES string of the molecule is CCCCCOc1ccc(C(=O)N(CC#N)Cc2ccccc2)cc1. The van der Waals surface area contributed by atoms with Gasteiger partial charge in [0.05, 0.1) is 12.7 Å². The van der Waals surface area contributed by atoms with Crippen molar-refractivity contribution in [1.29, 1.82) is 5.26 Å². The van der Waals surface area contributed by atoms with Crippen LogP contribution in [0, 0.1) is 11.3 Å². The molecule has 0 spiro atoms. The van der Waals surface area contributed by atoms with Crippen LogP contribution < -0.4 is 4.74 Å². The Morgan fingerprint density at radius 3 is 2.44 bits per heavy atom. The lowest BCUT2D eigenvalue weighted by molar-refractivity contribution is 0.0765. The quantitative estimate of drug-likeness (QED) is 0.503. The van der Waals surface area contributed by atoms with Crippen molar-refractivity contribution in [2.45, 2.75) is 32.7 Å². The third-order valence-electron chi connectivity index (χ3n) is 3.88. The number of rotatable bonds is 9. The molecular weight excluding hydrogens is 312 g/mol. The average Bonchev–Trinajstić information content (AvgIpc) is 2.66. The largest absolute Gasteiger partial charge is 0.494 e. The van der Waals surface area contributed by atoms with Gasteiger partial charge < -0.3 is 9.64 Å². The van der Waals surface area contributed by atoms with E-state index in [0.29, 0.717) is 18.7 Å². The van der Waals surface area contributed by atoms with Crippen molar-refractivity contribution in [3.05, 3.63) is 65.7 Å². The highest BCUT2D eigenvalue weighted by atomic mass is 16.5. The van der Waals surface area contributed by atoms with Gasteiger partial charge in [-0.05, 0) is 36.2 Å². The second kappa shape index (κ2) is 10.1. The summed E-state index contributed by atoms with van der Waals surface area (Å²) in [5, 5.41) is 9.03. The molecule has 0 fully saturated rings. The van der Waals surface area contributed by atoms with E-state index in [1.807, 2.05) is 42.5 Å². The highest BCUT2D eigenvalue weighted by molar-refractivity contribution is 5.94. The van der Waals surface area contributed by atoms with E-state index in [1.165, 1.54) is 0 Å². The van der Waals surface area contributed by atoms with E-state index >= 15 is 0 Å². The molecule has 0 aliphatic carbocycles. The molecule has 0 saturated heterocycles. The summed E-state index contributed by atoms with van der Waals surface area (Å²) in [6.07, 6.45) is 3.34. The summed E-state index contributed by atoms with van der Waals surface area (Å²) in [7, 11) is 0. The lowest BCUT2D eigenvalue weighted by Gasteiger charge is -2.20. The Morgan fingerprint density at radius 2 is 1.80 bits per heavy atom. The van der Waals surface area contributed by atoms with Gasteiger partial charge in [-0.2, -0.15) is 5.26 Å². The van der Waals surface area contributed by atoms with Gasteiger partial charge in [-0.3, -0.25) is 4.79 Å². The zero-order chi connectivity index (χ0) is 17.9. The Morgan fingerprint density at radius 1 is 1.08 bits per heavy atom. The molecule has 0 unspecified atom stereocenters. The molecule has 0 saturated carbocycles. The first kappa shape index (κ1) is 18.5. The Balaban J connectivity index is 1.99. The molecule has 0 aliphatic rings. The molecule has 0 heterocycles. The molecule has 0 aromatic heterocycles. The number of amides is 1. The van der Waals surface area contributed by atoms with E-state index in [0.717, 1.165) is 30.6 Å². The first-order valence-corrected chi connectivity index (χ1v) is 8.67. The van der Waals surface area contributed by atoms with Crippen LogP contribution in [0.5, 0.6) is 5.75 Å². The second-order valence-electron chi connectivity index (χ2n) is 5.88. The van der Waals surface area contributed by atoms with Crippen LogP contribution in [0.25, 0.3) is 0 Å². The molecule has 4 heteroatoms. The van der Waals surface area contributed by atoms with Gasteiger partial charge in [0.15, 0.2) is 0 Å². The molecule has 0 bridgehead atoms. The Hall–Kier alpha value is -2.80. The normalized spacial score (nSPS) is 10.1. The third-order valence-corrected chi connectivity index (χ3v) is 3.88. The summed E-state index contributed by atoms with van der Waals surface area (Å²) in [4.78, 5) is 14.2. The predicted molar refractivity (Wildman–Crippen MR) is 98.3 cm³/mol. The predicted octanol–water partition coefficient (Wildman–Crippen LogP) is 4.42. The number of hydrogen-bond donors (Lipinski definition) is 0. The number of unbranched alkanes of at least 4 members (excludes halogenated alkanes) is 2. The van der Waals surface area contributed by atoms with Gasteiger partial charge in [-0.25, -0.2) is 0 Å². The maximum Gasteiger partial charge on any atom is 0.255 e. The van der Waals surface area contributed by atoms with E-state index in [-0.39, 0.29) is 12.5 Å². The highest BCUT2D eigenvalue weighted by Crippen LogP contribution is 2.16. The standard InChI is InChI=1S/C21H24N2O2/c1-2-3-7-16-25-20-12-10-19(11-13-20)21(24)23(15-14-22)17-18-8-5-4-6-9-18/h4-6,8-13H,2-3,7,15-17H2,1H3. The van der Waals surface area contributed by atoms with Crippen molar-refractivity contribution < 1.29 is 9.53 Å². The van der Waals surface area contributed by atoms with Gasteiger partial charge in [0.2, 0.25) is 0 Å². The number of nitrogens with zero attached hydrogens (tertiary/aromatic N) is 2. The first-order chi connectivity index (χ1) is 12.2. The molecule has 0 aliphatic heterocycles. The number of carbonyl (C=O) groups is 1. The van der Waals surface area contributed by atoms with Gasteiger partial charge in [0.25, 0.3) is 5.91 Å². The van der Waals surface area contributed by atoms with Crippen LogP contribution in [0.1, 0.15) is 42.1 Å². The van der Waals surface area contributed by atoms with Crippen LogP contribution in [0.15, 0.2) is 54.6 Å². The topological polar surface area (TPSA) is 53.3 Å². The summed E-state index contributed by atoms with van der Waals surface area (Å²) < 4.78 is 5.67. The van der Waals surface area contributed by atoms with Crippen molar-refractivity contribution in [2.75, 3.05) is 13.2 Å². The monoisotopic (exact) mass is 336 g/mol. The van der Waals surface area contributed by atoms with Gasteiger partial charge in [-0.15, -0.1) is 0 Å². The van der Waals surface area contributed by atoms with Crippen LogP contribution in [0.2, 0.25) is 0 Å². The Labute approximate surface area is 149 Å². The van der Waals surface area contributed by atoms with Gasteiger partial charge in [0.1, 0.15) is 12.3 Å². The summed E-state index contributed by atoms with van der Waals surface area (Å²) in [6.45, 7) is 3.32. The molecule has 130 valence electrons. The molecule has 2 rings (SSSR count). The lowest BCUT2D eigenvalue weighted by atomic mass is 10.1.